The van der Waals surface area contributed by atoms with Gasteiger partial charge < -0.3 is 10.1 Å². The summed E-state index contributed by atoms with van der Waals surface area (Å²) in [5.41, 5.74) is 1.98. The van der Waals surface area contributed by atoms with E-state index >= 15 is 0 Å². The Morgan fingerprint density at radius 1 is 1.07 bits per heavy atom. The standard InChI is InChI=1S/C22H24N2O4/c1-14(2)16-9-11-18(12-10-16)22(3)20(26)24(21(27)23-22)13-15-5-7-17(8-6-15)19(25)28-4/h5-12,14H,13H2,1-4H3,(H,23,27)/t22-/m1/s1. The molecule has 0 spiro atoms. The molecule has 1 fully saturated rings. The number of nitrogens with zero attached hydrogens (tertiary/aromatic N) is 1. The molecule has 146 valence electrons. The molecule has 3 amide bonds. The van der Waals surface area contributed by atoms with E-state index in [-0.39, 0.29) is 12.5 Å². The number of rotatable bonds is 5. The predicted octanol–water partition coefficient (Wildman–Crippen LogP) is 3.56. The quantitative estimate of drug-likeness (QED) is 0.636. The van der Waals surface area contributed by atoms with E-state index in [0.717, 1.165) is 11.1 Å². The number of urea groups is 1. The summed E-state index contributed by atoms with van der Waals surface area (Å²) < 4.78 is 4.68. The van der Waals surface area contributed by atoms with Crippen molar-refractivity contribution in [3.8, 4) is 0 Å². The maximum Gasteiger partial charge on any atom is 0.337 e. The second-order valence-electron chi connectivity index (χ2n) is 7.41. The molecule has 2 aromatic rings. The van der Waals surface area contributed by atoms with E-state index in [4.69, 9.17) is 0 Å². The van der Waals surface area contributed by atoms with Gasteiger partial charge in [-0.1, -0.05) is 50.2 Å². The van der Waals surface area contributed by atoms with Crippen LogP contribution in [0.15, 0.2) is 48.5 Å². The monoisotopic (exact) mass is 380 g/mol. The minimum Gasteiger partial charge on any atom is -0.465 e. The summed E-state index contributed by atoms with van der Waals surface area (Å²) >= 11 is 0. The molecule has 1 aliphatic rings. The highest BCUT2D eigenvalue weighted by Gasteiger charge is 2.48. The van der Waals surface area contributed by atoms with Crippen LogP contribution < -0.4 is 5.32 Å². The van der Waals surface area contributed by atoms with Crippen molar-refractivity contribution in [3.63, 3.8) is 0 Å². The first-order valence-electron chi connectivity index (χ1n) is 9.18. The molecule has 1 heterocycles. The Balaban J connectivity index is 1.80. The largest absolute Gasteiger partial charge is 0.465 e. The molecule has 0 unspecified atom stereocenters. The third-order valence-corrected chi connectivity index (χ3v) is 5.15. The van der Waals surface area contributed by atoms with Crippen LogP contribution in [0, 0.1) is 0 Å². The van der Waals surface area contributed by atoms with Gasteiger partial charge in [0.2, 0.25) is 0 Å². The van der Waals surface area contributed by atoms with Crippen LogP contribution in [0.1, 0.15) is 53.7 Å². The molecule has 1 saturated heterocycles. The van der Waals surface area contributed by atoms with Crippen LogP contribution in [0.5, 0.6) is 0 Å². The summed E-state index contributed by atoms with van der Waals surface area (Å²) in [4.78, 5) is 38.3. The summed E-state index contributed by atoms with van der Waals surface area (Å²) in [6, 6.07) is 14.0. The Bertz CT molecular complexity index is 903. The molecular formula is C22H24N2O4. The predicted molar refractivity (Wildman–Crippen MR) is 105 cm³/mol. The van der Waals surface area contributed by atoms with Crippen LogP contribution >= 0.6 is 0 Å². The van der Waals surface area contributed by atoms with Gasteiger partial charge in [0, 0.05) is 0 Å². The van der Waals surface area contributed by atoms with E-state index in [1.807, 2.05) is 24.3 Å². The fourth-order valence-corrected chi connectivity index (χ4v) is 3.28. The molecule has 3 rings (SSSR count). The lowest BCUT2D eigenvalue weighted by Crippen LogP contribution is -2.40. The van der Waals surface area contributed by atoms with Gasteiger partial charge in [0.25, 0.3) is 5.91 Å². The first-order valence-corrected chi connectivity index (χ1v) is 9.18. The van der Waals surface area contributed by atoms with E-state index in [1.165, 1.54) is 17.6 Å². The number of carbonyl (C=O) groups is 3. The average molecular weight is 380 g/mol. The summed E-state index contributed by atoms with van der Waals surface area (Å²) in [7, 11) is 1.32. The van der Waals surface area contributed by atoms with Crippen molar-refractivity contribution in [2.45, 2.75) is 38.8 Å². The molecule has 1 aliphatic heterocycles. The van der Waals surface area contributed by atoms with Gasteiger partial charge in [-0.05, 0) is 41.7 Å². The zero-order valence-corrected chi connectivity index (χ0v) is 16.5. The van der Waals surface area contributed by atoms with Gasteiger partial charge in [-0.15, -0.1) is 0 Å². The molecule has 0 bridgehead atoms. The fraction of sp³-hybridized carbons (Fsp3) is 0.318. The van der Waals surface area contributed by atoms with Crippen molar-refractivity contribution < 1.29 is 19.1 Å². The zero-order chi connectivity index (χ0) is 20.5. The maximum atomic E-state index is 13.1. The summed E-state index contributed by atoms with van der Waals surface area (Å²) in [5.74, 6) is -0.342. The van der Waals surface area contributed by atoms with Crippen molar-refractivity contribution in [2.75, 3.05) is 7.11 Å². The lowest BCUT2D eigenvalue weighted by molar-refractivity contribution is -0.131. The molecule has 0 radical (unpaired) electrons. The van der Waals surface area contributed by atoms with Crippen LogP contribution in [0.25, 0.3) is 0 Å². The first-order chi connectivity index (χ1) is 13.3. The van der Waals surface area contributed by atoms with Crippen molar-refractivity contribution >= 4 is 17.9 Å². The summed E-state index contributed by atoms with van der Waals surface area (Å²) in [5, 5.41) is 2.82. The molecule has 2 aromatic carbocycles. The molecule has 1 N–H and O–H groups in total. The number of hydrogen-bond donors (Lipinski definition) is 1. The highest BCUT2D eigenvalue weighted by atomic mass is 16.5. The van der Waals surface area contributed by atoms with Gasteiger partial charge in [0.15, 0.2) is 0 Å². The fourth-order valence-electron chi connectivity index (χ4n) is 3.28. The van der Waals surface area contributed by atoms with Crippen LogP contribution in [-0.2, 0) is 21.6 Å². The third-order valence-electron chi connectivity index (χ3n) is 5.15. The normalized spacial score (nSPS) is 19.1. The molecule has 6 heteroatoms. The molecule has 6 nitrogen and oxygen atoms in total. The molecule has 0 aromatic heterocycles. The highest BCUT2D eigenvalue weighted by molar-refractivity contribution is 6.07. The van der Waals surface area contributed by atoms with Gasteiger partial charge >= 0.3 is 12.0 Å². The summed E-state index contributed by atoms with van der Waals surface area (Å²) in [6.07, 6.45) is 0. The Labute approximate surface area is 164 Å². The van der Waals surface area contributed by atoms with Crippen molar-refractivity contribution in [2.24, 2.45) is 0 Å². The third kappa shape index (κ3) is 3.50. The second-order valence-corrected chi connectivity index (χ2v) is 7.41. The number of methoxy groups -OCH3 is 1. The van der Waals surface area contributed by atoms with Crippen molar-refractivity contribution in [1.29, 1.82) is 0 Å². The summed E-state index contributed by atoms with van der Waals surface area (Å²) in [6.45, 7) is 6.06. The lowest BCUT2D eigenvalue weighted by Gasteiger charge is -2.23. The van der Waals surface area contributed by atoms with Gasteiger partial charge in [-0.3, -0.25) is 9.69 Å². The minimum atomic E-state index is -1.10. The second kappa shape index (κ2) is 7.46. The number of benzene rings is 2. The minimum absolute atomic E-state index is 0.131. The van der Waals surface area contributed by atoms with Crippen molar-refractivity contribution in [1.82, 2.24) is 10.2 Å². The van der Waals surface area contributed by atoms with E-state index in [1.54, 1.807) is 31.2 Å². The highest BCUT2D eigenvalue weighted by Crippen LogP contribution is 2.30. The Morgan fingerprint density at radius 3 is 2.21 bits per heavy atom. The number of amides is 3. The molecular weight excluding hydrogens is 356 g/mol. The van der Waals surface area contributed by atoms with Crippen molar-refractivity contribution in [3.05, 3.63) is 70.8 Å². The molecule has 28 heavy (non-hydrogen) atoms. The topological polar surface area (TPSA) is 75.7 Å². The van der Waals surface area contributed by atoms with Gasteiger partial charge in [-0.2, -0.15) is 0 Å². The molecule has 1 atom stereocenters. The van der Waals surface area contributed by atoms with Crippen LogP contribution in [0.3, 0.4) is 0 Å². The number of carbonyl (C=O) groups excluding carboxylic acids is 3. The van der Waals surface area contributed by atoms with Gasteiger partial charge in [0.05, 0.1) is 19.2 Å². The smallest absolute Gasteiger partial charge is 0.337 e. The Morgan fingerprint density at radius 2 is 1.68 bits per heavy atom. The number of ether oxygens (including phenoxy) is 1. The first kappa shape index (κ1) is 19.6. The maximum absolute atomic E-state index is 13.1. The number of imide groups is 1. The zero-order valence-electron chi connectivity index (χ0n) is 16.5. The van der Waals surface area contributed by atoms with Crippen LogP contribution in [-0.4, -0.2) is 29.9 Å². The van der Waals surface area contributed by atoms with Crippen LogP contribution in [0.2, 0.25) is 0 Å². The number of esters is 1. The molecule has 0 aliphatic carbocycles. The lowest BCUT2D eigenvalue weighted by atomic mass is 9.90. The van der Waals surface area contributed by atoms with E-state index < -0.39 is 17.5 Å². The van der Waals surface area contributed by atoms with Gasteiger partial charge in [-0.25, -0.2) is 9.59 Å². The Kier molecular flexibility index (Phi) is 5.23. The van der Waals surface area contributed by atoms with E-state index in [0.29, 0.717) is 11.5 Å². The average Bonchev–Trinajstić information content (AvgIpc) is 2.92. The molecule has 0 saturated carbocycles. The number of nitrogens with one attached hydrogen (secondary N) is 1. The van der Waals surface area contributed by atoms with Gasteiger partial charge in [0.1, 0.15) is 5.54 Å². The van der Waals surface area contributed by atoms with E-state index in [9.17, 15) is 14.4 Å². The number of hydrogen-bond acceptors (Lipinski definition) is 4. The SMILES string of the molecule is COC(=O)c1ccc(CN2C(=O)N[C@](C)(c3ccc(C(C)C)cc3)C2=O)cc1. The van der Waals surface area contributed by atoms with Crippen LogP contribution in [0.4, 0.5) is 4.79 Å². The van der Waals surface area contributed by atoms with E-state index in [2.05, 4.69) is 23.9 Å². The Hall–Kier alpha value is -3.15.